The van der Waals surface area contributed by atoms with Crippen LogP contribution in [-0.4, -0.2) is 44.8 Å². The molecule has 3 heterocycles. The number of hydrogen-bond acceptors (Lipinski definition) is 4. The van der Waals surface area contributed by atoms with Crippen LogP contribution in [0.5, 0.6) is 0 Å². The van der Waals surface area contributed by atoms with Gasteiger partial charge in [0.1, 0.15) is 12.1 Å². The molecule has 0 saturated carbocycles. The van der Waals surface area contributed by atoms with E-state index in [4.69, 9.17) is 11.6 Å². The van der Waals surface area contributed by atoms with Gasteiger partial charge in [0.05, 0.1) is 6.20 Å². The lowest BCUT2D eigenvalue weighted by Gasteiger charge is -2.32. The number of aromatic nitrogens is 3. The molecule has 5 rings (SSSR count). The Kier molecular flexibility index (Phi) is 6.39. The highest BCUT2D eigenvalue weighted by Crippen LogP contribution is 2.26. The summed E-state index contributed by atoms with van der Waals surface area (Å²) in [4.78, 5) is 28.2. The second kappa shape index (κ2) is 9.60. The van der Waals surface area contributed by atoms with Crippen LogP contribution in [0.3, 0.4) is 0 Å². The summed E-state index contributed by atoms with van der Waals surface area (Å²) in [6.07, 6.45) is 3.80. The van der Waals surface area contributed by atoms with Crippen LogP contribution in [0.2, 0.25) is 5.02 Å². The number of likely N-dealkylation sites (tertiary alicyclic amines) is 1. The van der Waals surface area contributed by atoms with Gasteiger partial charge in [0, 0.05) is 41.4 Å². The minimum atomic E-state index is -0.199. The molecular formula is C26H28ClN5O2. The van der Waals surface area contributed by atoms with Gasteiger partial charge in [-0.1, -0.05) is 41.9 Å². The number of benzene rings is 2. The highest BCUT2D eigenvalue weighted by atomic mass is 35.5. The van der Waals surface area contributed by atoms with Crippen molar-refractivity contribution in [2.24, 2.45) is 13.0 Å². The van der Waals surface area contributed by atoms with Gasteiger partial charge in [-0.2, -0.15) is 5.10 Å². The van der Waals surface area contributed by atoms with Gasteiger partial charge in [-0.3, -0.25) is 14.5 Å². The zero-order valence-corrected chi connectivity index (χ0v) is 20.0. The third-order valence-electron chi connectivity index (χ3n) is 6.78. The third kappa shape index (κ3) is 4.58. The summed E-state index contributed by atoms with van der Waals surface area (Å²) < 4.78 is 3.13. The lowest BCUT2D eigenvalue weighted by atomic mass is 9.96. The van der Waals surface area contributed by atoms with Crippen molar-refractivity contribution < 1.29 is 4.79 Å². The molecule has 1 amide bonds. The maximum absolute atomic E-state index is 12.9. The van der Waals surface area contributed by atoms with E-state index < -0.39 is 0 Å². The Morgan fingerprint density at radius 2 is 1.82 bits per heavy atom. The molecule has 2 aromatic carbocycles. The van der Waals surface area contributed by atoms with Crippen molar-refractivity contribution >= 4 is 39.3 Å². The Morgan fingerprint density at radius 3 is 2.59 bits per heavy atom. The van der Waals surface area contributed by atoms with Crippen molar-refractivity contribution in [2.75, 3.05) is 19.6 Å². The fourth-order valence-electron chi connectivity index (χ4n) is 4.86. The summed E-state index contributed by atoms with van der Waals surface area (Å²) in [6, 6.07) is 15.8. The Hall–Kier alpha value is -3.16. The number of fused-ring (bicyclic) bond motifs is 3. The van der Waals surface area contributed by atoms with E-state index in [1.54, 1.807) is 13.2 Å². The summed E-state index contributed by atoms with van der Waals surface area (Å²) >= 11 is 5.98. The van der Waals surface area contributed by atoms with Crippen LogP contribution in [0.4, 0.5) is 0 Å². The minimum Gasteiger partial charge on any atom is -0.354 e. The predicted molar refractivity (Wildman–Crippen MR) is 135 cm³/mol. The number of para-hydroxylation sites is 1. The highest BCUT2D eigenvalue weighted by Gasteiger charge is 2.21. The average molecular weight is 478 g/mol. The minimum absolute atomic E-state index is 0.0786. The normalized spacial score (nSPS) is 15.2. The number of halogens is 1. The number of carbonyl (C=O) groups is 1. The first kappa shape index (κ1) is 22.6. The molecular weight excluding hydrogens is 450 g/mol. The van der Waals surface area contributed by atoms with Crippen molar-refractivity contribution in [2.45, 2.75) is 25.9 Å². The standard InChI is InChI=1S/C26H28ClN5O2/c1-30-26(34)25-22(15-29-30)21-4-2-3-5-23(21)32(25)17-24(33)28-14-18-10-12-31(13-11-18)16-19-6-8-20(27)9-7-19/h2-9,15,18H,10-14,16-17H2,1H3,(H,28,33). The number of aryl methyl sites for hydroxylation is 1. The Morgan fingerprint density at radius 1 is 1.09 bits per heavy atom. The van der Waals surface area contributed by atoms with E-state index in [-0.39, 0.29) is 18.0 Å². The van der Waals surface area contributed by atoms with Gasteiger partial charge in [0.25, 0.3) is 5.56 Å². The summed E-state index contributed by atoms with van der Waals surface area (Å²) in [5, 5.41) is 9.74. The van der Waals surface area contributed by atoms with Crippen LogP contribution in [0.25, 0.3) is 21.8 Å². The van der Waals surface area contributed by atoms with E-state index in [1.807, 2.05) is 41.0 Å². The number of nitrogens with one attached hydrogen (secondary N) is 1. The van der Waals surface area contributed by atoms with Crippen LogP contribution in [0.15, 0.2) is 59.5 Å². The maximum atomic E-state index is 12.9. The lowest BCUT2D eigenvalue weighted by Crippen LogP contribution is -2.39. The summed E-state index contributed by atoms with van der Waals surface area (Å²) in [7, 11) is 1.63. The number of rotatable bonds is 6. The number of hydrogen-bond donors (Lipinski definition) is 1. The number of nitrogens with zero attached hydrogens (tertiary/aromatic N) is 4. The molecule has 0 aliphatic carbocycles. The number of carbonyl (C=O) groups excluding carboxylic acids is 1. The van der Waals surface area contributed by atoms with Crippen LogP contribution >= 0.6 is 11.6 Å². The molecule has 34 heavy (non-hydrogen) atoms. The van der Waals surface area contributed by atoms with Gasteiger partial charge < -0.3 is 9.88 Å². The van der Waals surface area contributed by atoms with E-state index in [1.165, 1.54) is 10.2 Å². The predicted octanol–water partition coefficient (Wildman–Crippen LogP) is 3.57. The zero-order chi connectivity index (χ0) is 23.7. The molecule has 1 aliphatic rings. The Bertz CT molecular complexity index is 1380. The molecule has 1 N–H and O–H groups in total. The molecule has 0 atom stereocenters. The van der Waals surface area contributed by atoms with Crippen molar-refractivity contribution in [1.29, 1.82) is 0 Å². The Balaban J connectivity index is 1.21. The van der Waals surface area contributed by atoms with Gasteiger partial charge in [-0.05, 0) is 55.6 Å². The molecule has 1 saturated heterocycles. The molecule has 176 valence electrons. The molecule has 4 aromatic rings. The summed E-state index contributed by atoms with van der Waals surface area (Å²) in [6.45, 7) is 3.72. The van der Waals surface area contributed by atoms with Crippen molar-refractivity contribution in [3.05, 3.63) is 75.7 Å². The molecule has 0 unspecified atom stereocenters. The molecule has 0 radical (unpaired) electrons. The zero-order valence-electron chi connectivity index (χ0n) is 19.2. The van der Waals surface area contributed by atoms with Crippen molar-refractivity contribution in [3.8, 4) is 0 Å². The topological polar surface area (TPSA) is 72.2 Å². The van der Waals surface area contributed by atoms with Crippen molar-refractivity contribution in [1.82, 2.24) is 24.6 Å². The lowest BCUT2D eigenvalue weighted by molar-refractivity contribution is -0.121. The van der Waals surface area contributed by atoms with E-state index >= 15 is 0 Å². The maximum Gasteiger partial charge on any atom is 0.291 e. The number of piperidine rings is 1. The van der Waals surface area contributed by atoms with Crippen molar-refractivity contribution in [3.63, 3.8) is 0 Å². The highest BCUT2D eigenvalue weighted by molar-refractivity contribution is 6.30. The monoisotopic (exact) mass is 477 g/mol. The largest absolute Gasteiger partial charge is 0.354 e. The van der Waals surface area contributed by atoms with Gasteiger partial charge in [0.2, 0.25) is 5.91 Å². The average Bonchev–Trinajstić information content (AvgIpc) is 3.16. The smallest absolute Gasteiger partial charge is 0.291 e. The van der Waals surface area contributed by atoms with Gasteiger partial charge in [0.15, 0.2) is 0 Å². The molecule has 0 spiro atoms. The first-order valence-corrected chi connectivity index (χ1v) is 12.0. The van der Waals surface area contributed by atoms with E-state index in [0.29, 0.717) is 18.0 Å². The molecule has 8 heteroatoms. The summed E-state index contributed by atoms with van der Waals surface area (Å²) in [5.41, 5.74) is 2.45. The van der Waals surface area contributed by atoms with Gasteiger partial charge in [-0.15, -0.1) is 0 Å². The van der Waals surface area contributed by atoms with Crippen LogP contribution in [-0.2, 0) is 24.9 Å². The van der Waals surface area contributed by atoms with E-state index in [0.717, 1.165) is 53.8 Å². The quantitative estimate of drug-likeness (QED) is 0.461. The van der Waals surface area contributed by atoms with E-state index in [9.17, 15) is 9.59 Å². The van der Waals surface area contributed by atoms with Crippen LogP contribution in [0.1, 0.15) is 18.4 Å². The third-order valence-corrected chi connectivity index (χ3v) is 7.03. The van der Waals surface area contributed by atoms with Gasteiger partial charge in [-0.25, -0.2) is 4.68 Å². The molecule has 1 fully saturated rings. The fourth-order valence-corrected chi connectivity index (χ4v) is 4.99. The molecule has 7 nitrogen and oxygen atoms in total. The SMILES string of the molecule is Cn1ncc2c3ccccc3n(CC(=O)NCC3CCN(Cc4ccc(Cl)cc4)CC3)c2c1=O. The first-order chi connectivity index (χ1) is 16.5. The molecule has 0 bridgehead atoms. The molecule has 2 aromatic heterocycles. The van der Waals surface area contributed by atoms with Crippen LogP contribution < -0.4 is 10.9 Å². The van der Waals surface area contributed by atoms with Gasteiger partial charge >= 0.3 is 0 Å². The number of amides is 1. The fraction of sp³-hybridized carbons (Fsp3) is 0.346. The second-order valence-electron chi connectivity index (χ2n) is 9.09. The van der Waals surface area contributed by atoms with Crippen LogP contribution in [0, 0.1) is 5.92 Å². The first-order valence-electron chi connectivity index (χ1n) is 11.7. The molecule has 1 aliphatic heterocycles. The second-order valence-corrected chi connectivity index (χ2v) is 9.53. The Labute approximate surface area is 202 Å². The summed E-state index contributed by atoms with van der Waals surface area (Å²) in [5.74, 6) is 0.380. The van der Waals surface area contributed by atoms with E-state index in [2.05, 4.69) is 27.4 Å².